The molecule has 0 aliphatic carbocycles. The van der Waals surface area contributed by atoms with E-state index >= 15 is 0 Å². The average Bonchev–Trinajstić information content (AvgIpc) is 2.61. The molecule has 1 aliphatic heterocycles. The molecule has 2 rings (SSSR count). The van der Waals surface area contributed by atoms with Crippen LogP contribution in [0.3, 0.4) is 0 Å². The summed E-state index contributed by atoms with van der Waals surface area (Å²) in [5, 5.41) is 13.6. The van der Waals surface area contributed by atoms with Gasteiger partial charge in [0.1, 0.15) is 0 Å². The molecule has 1 aromatic carbocycles. The molecule has 0 saturated heterocycles. The first-order chi connectivity index (χ1) is 7.20. The average molecular weight is 204 g/mol. The summed E-state index contributed by atoms with van der Waals surface area (Å²) in [4.78, 5) is 22.2. The van der Waals surface area contributed by atoms with Crippen LogP contribution in [0.1, 0.15) is 0 Å². The van der Waals surface area contributed by atoms with E-state index in [2.05, 4.69) is 5.10 Å². The van der Waals surface area contributed by atoms with E-state index in [9.17, 15) is 9.59 Å². The highest BCUT2D eigenvalue weighted by Crippen LogP contribution is 2.20. The lowest BCUT2D eigenvalue weighted by Gasteiger charge is -2.12. The van der Waals surface area contributed by atoms with Crippen molar-refractivity contribution in [3.05, 3.63) is 30.3 Å². The van der Waals surface area contributed by atoms with Gasteiger partial charge in [0.25, 0.3) is 5.91 Å². The first kappa shape index (κ1) is 9.39. The number of nitrogens with zero attached hydrogens (tertiary/aromatic N) is 2. The van der Waals surface area contributed by atoms with Gasteiger partial charge in [-0.05, 0) is 12.1 Å². The van der Waals surface area contributed by atoms with E-state index in [0.29, 0.717) is 5.69 Å². The minimum Gasteiger partial charge on any atom is -0.480 e. The summed E-state index contributed by atoms with van der Waals surface area (Å²) in [5.41, 5.74) is 0.572. The zero-order chi connectivity index (χ0) is 10.8. The number of carboxylic acids is 1. The van der Waals surface area contributed by atoms with Crippen molar-refractivity contribution in [2.24, 2.45) is 11.0 Å². The molecule has 1 amide bonds. The molecule has 0 aromatic heterocycles. The van der Waals surface area contributed by atoms with Crippen LogP contribution in [0.2, 0.25) is 0 Å². The molecule has 76 valence electrons. The minimum absolute atomic E-state index is 0.534. The highest BCUT2D eigenvalue weighted by Gasteiger charge is 2.34. The summed E-state index contributed by atoms with van der Waals surface area (Å²) >= 11 is 0. The third-order valence-electron chi connectivity index (χ3n) is 2.07. The van der Waals surface area contributed by atoms with Crippen molar-refractivity contribution >= 4 is 23.8 Å². The first-order valence-corrected chi connectivity index (χ1v) is 4.36. The summed E-state index contributed by atoms with van der Waals surface area (Å²) < 4.78 is 0. The van der Waals surface area contributed by atoms with E-state index in [1.807, 2.05) is 6.07 Å². The number of hydrazone groups is 1. The topological polar surface area (TPSA) is 70.0 Å². The quantitative estimate of drug-likeness (QED) is 0.721. The minimum atomic E-state index is -1.18. The zero-order valence-electron chi connectivity index (χ0n) is 7.70. The Balaban J connectivity index is 2.26. The first-order valence-electron chi connectivity index (χ1n) is 4.36. The zero-order valence-corrected chi connectivity index (χ0v) is 7.70. The summed E-state index contributed by atoms with van der Waals surface area (Å²) in [5.74, 6) is -2.87. The van der Waals surface area contributed by atoms with Gasteiger partial charge in [0.05, 0.1) is 5.69 Å². The lowest BCUT2D eigenvalue weighted by Crippen LogP contribution is -2.30. The van der Waals surface area contributed by atoms with Crippen LogP contribution in [0.25, 0.3) is 0 Å². The smallest absolute Gasteiger partial charge is 0.321 e. The Morgan fingerprint density at radius 2 is 2.00 bits per heavy atom. The fourth-order valence-electron chi connectivity index (χ4n) is 1.32. The van der Waals surface area contributed by atoms with Gasteiger partial charge in [0, 0.05) is 6.21 Å². The maximum Gasteiger partial charge on any atom is 0.321 e. The standard InChI is InChI=1S/C10H8N2O3/c13-9-8(10(14)15)6-11-12(9)7-4-2-1-3-5-7/h1-6,8H,(H,14,15)/t8-/m0/s1. The summed E-state index contributed by atoms with van der Waals surface area (Å²) in [6.07, 6.45) is 1.14. The maximum atomic E-state index is 11.6. The van der Waals surface area contributed by atoms with Crippen molar-refractivity contribution in [2.45, 2.75) is 0 Å². The molecule has 5 heteroatoms. The molecule has 1 N–H and O–H groups in total. The summed E-state index contributed by atoms with van der Waals surface area (Å²) in [6.45, 7) is 0. The van der Waals surface area contributed by atoms with Crippen molar-refractivity contribution < 1.29 is 14.7 Å². The lowest BCUT2D eigenvalue weighted by molar-refractivity contribution is -0.142. The molecule has 15 heavy (non-hydrogen) atoms. The molecule has 0 spiro atoms. The van der Waals surface area contributed by atoms with E-state index in [1.54, 1.807) is 24.3 Å². The van der Waals surface area contributed by atoms with Crippen LogP contribution in [0.5, 0.6) is 0 Å². The van der Waals surface area contributed by atoms with Crippen LogP contribution in [0.4, 0.5) is 5.69 Å². The highest BCUT2D eigenvalue weighted by molar-refractivity contribution is 6.19. The third-order valence-corrected chi connectivity index (χ3v) is 2.07. The Labute approximate surface area is 85.6 Å². The van der Waals surface area contributed by atoms with Crippen molar-refractivity contribution in [2.75, 3.05) is 5.01 Å². The van der Waals surface area contributed by atoms with Crippen LogP contribution >= 0.6 is 0 Å². The van der Waals surface area contributed by atoms with Crippen LogP contribution in [-0.2, 0) is 9.59 Å². The van der Waals surface area contributed by atoms with Crippen molar-refractivity contribution in [1.82, 2.24) is 0 Å². The highest BCUT2D eigenvalue weighted by atomic mass is 16.4. The second kappa shape index (κ2) is 3.53. The number of anilines is 1. The van der Waals surface area contributed by atoms with Gasteiger partial charge in [0.2, 0.25) is 0 Å². The predicted molar refractivity (Wildman–Crippen MR) is 53.5 cm³/mol. The van der Waals surface area contributed by atoms with E-state index < -0.39 is 17.8 Å². The Kier molecular flexibility index (Phi) is 2.21. The monoisotopic (exact) mass is 204 g/mol. The van der Waals surface area contributed by atoms with Crippen molar-refractivity contribution in [1.29, 1.82) is 0 Å². The molecule has 1 heterocycles. The molecule has 1 aliphatic rings. The second-order valence-corrected chi connectivity index (χ2v) is 3.07. The second-order valence-electron chi connectivity index (χ2n) is 3.07. The molecule has 1 aromatic rings. The van der Waals surface area contributed by atoms with Gasteiger partial charge in [-0.15, -0.1) is 0 Å². The molecule has 0 saturated carbocycles. The van der Waals surface area contributed by atoms with Crippen molar-refractivity contribution in [3.63, 3.8) is 0 Å². The lowest BCUT2D eigenvalue weighted by atomic mass is 10.1. The number of aliphatic carboxylic acids is 1. The molecular weight excluding hydrogens is 196 g/mol. The SMILES string of the molecule is O=C(O)[C@H]1C=NN(c2ccccc2)C1=O. The van der Waals surface area contributed by atoms with Gasteiger partial charge in [-0.3, -0.25) is 9.59 Å². The number of carboxylic acid groups (broad SMARTS) is 1. The normalized spacial score (nSPS) is 19.6. The van der Waals surface area contributed by atoms with Gasteiger partial charge in [0.15, 0.2) is 5.92 Å². The van der Waals surface area contributed by atoms with E-state index in [4.69, 9.17) is 5.11 Å². The van der Waals surface area contributed by atoms with Crippen LogP contribution in [-0.4, -0.2) is 23.2 Å². The number of carbonyl (C=O) groups excluding carboxylic acids is 1. The maximum absolute atomic E-state index is 11.6. The molecule has 0 unspecified atom stereocenters. The van der Waals surface area contributed by atoms with E-state index in [-0.39, 0.29) is 0 Å². The number of carbonyl (C=O) groups is 2. The van der Waals surface area contributed by atoms with Crippen LogP contribution in [0.15, 0.2) is 35.4 Å². The fraction of sp³-hybridized carbons (Fsp3) is 0.100. The molecule has 0 radical (unpaired) electrons. The number of amides is 1. The molecule has 0 fully saturated rings. The molecular formula is C10H8N2O3. The van der Waals surface area contributed by atoms with Crippen molar-refractivity contribution in [3.8, 4) is 0 Å². The predicted octanol–water partition coefficient (Wildman–Crippen LogP) is 0.720. The Bertz CT molecular complexity index is 428. The Morgan fingerprint density at radius 1 is 1.33 bits per heavy atom. The van der Waals surface area contributed by atoms with Gasteiger partial charge < -0.3 is 5.11 Å². The number of hydrogen-bond donors (Lipinski definition) is 1. The molecule has 0 bridgehead atoms. The van der Waals surface area contributed by atoms with Gasteiger partial charge >= 0.3 is 5.97 Å². The number of para-hydroxylation sites is 1. The largest absolute Gasteiger partial charge is 0.480 e. The number of rotatable bonds is 2. The number of benzene rings is 1. The molecule has 5 nitrogen and oxygen atoms in total. The third kappa shape index (κ3) is 1.59. The summed E-state index contributed by atoms with van der Waals surface area (Å²) in [6, 6.07) is 8.71. The van der Waals surface area contributed by atoms with Gasteiger partial charge in [-0.1, -0.05) is 18.2 Å². The Morgan fingerprint density at radius 3 is 2.53 bits per heavy atom. The van der Waals surface area contributed by atoms with E-state index in [0.717, 1.165) is 11.2 Å². The fourth-order valence-corrected chi connectivity index (χ4v) is 1.32. The number of hydrogen-bond acceptors (Lipinski definition) is 3. The van der Waals surface area contributed by atoms with Gasteiger partial charge in [-0.2, -0.15) is 10.1 Å². The van der Waals surface area contributed by atoms with E-state index in [1.165, 1.54) is 0 Å². The Hall–Kier alpha value is -2.17. The van der Waals surface area contributed by atoms with Crippen LogP contribution < -0.4 is 5.01 Å². The summed E-state index contributed by atoms with van der Waals surface area (Å²) in [7, 11) is 0. The molecule has 1 atom stereocenters. The van der Waals surface area contributed by atoms with Gasteiger partial charge in [-0.25, -0.2) is 0 Å². The van der Waals surface area contributed by atoms with Crippen LogP contribution in [0, 0.1) is 5.92 Å².